The molecule has 2 heterocycles. The number of carbonyl (C=O) groups is 1. The highest BCUT2D eigenvalue weighted by Gasteiger charge is 2.35. The van der Waals surface area contributed by atoms with Gasteiger partial charge in [0.1, 0.15) is 6.04 Å². The van der Waals surface area contributed by atoms with Crippen molar-refractivity contribution in [2.24, 2.45) is 0 Å². The molecule has 154 valence electrons. The van der Waals surface area contributed by atoms with E-state index in [2.05, 4.69) is 10.2 Å². The van der Waals surface area contributed by atoms with Crippen LogP contribution in [0.5, 0.6) is 0 Å². The first-order chi connectivity index (χ1) is 12.1. The molecule has 2 fully saturated rings. The number of morpholine rings is 1. The zero-order valence-corrected chi connectivity index (χ0v) is 18.5. The summed E-state index contributed by atoms with van der Waals surface area (Å²) in [6.07, 6.45) is 2.12. The van der Waals surface area contributed by atoms with E-state index < -0.39 is 0 Å². The van der Waals surface area contributed by atoms with Gasteiger partial charge in [-0.3, -0.25) is 9.69 Å². The van der Waals surface area contributed by atoms with Crippen LogP contribution < -0.4 is 5.32 Å². The van der Waals surface area contributed by atoms with Crippen molar-refractivity contribution in [3.8, 4) is 0 Å². The third-order valence-corrected chi connectivity index (χ3v) is 5.61. The Bertz CT molecular complexity index is 614. The SMILES string of the molecule is CNC1CCCN(C(=O)C(c2ccc(Cl)cc2Cl)N2CCOCC2)C1.Cl.Cl. The number of piperidine rings is 1. The lowest BCUT2D eigenvalue weighted by Crippen LogP contribution is -2.52. The summed E-state index contributed by atoms with van der Waals surface area (Å²) in [5.74, 6) is 0.117. The fourth-order valence-electron chi connectivity index (χ4n) is 3.63. The first-order valence-electron chi connectivity index (χ1n) is 8.83. The summed E-state index contributed by atoms with van der Waals surface area (Å²) < 4.78 is 5.46. The molecule has 2 saturated heterocycles. The highest BCUT2D eigenvalue weighted by molar-refractivity contribution is 6.35. The molecule has 1 aromatic carbocycles. The van der Waals surface area contributed by atoms with Crippen molar-refractivity contribution in [1.82, 2.24) is 15.1 Å². The topological polar surface area (TPSA) is 44.8 Å². The largest absolute Gasteiger partial charge is 0.379 e. The molecule has 1 aromatic rings. The number of hydrogen-bond donors (Lipinski definition) is 1. The maximum atomic E-state index is 13.4. The highest BCUT2D eigenvalue weighted by Crippen LogP contribution is 2.32. The molecule has 2 aliphatic heterocycles. The van der Waals surface area contributed by atoms with Crippen molar-refractivity contribution in [2.45, 2.75) is 24.9 Å². The van der Waals surface area contributed by atoms with E-state index in [0.29, 0.717) is 29.3 Å². The number of nitrogens with one attached hydrogen (secondary N) is 1. The van der Waals surface area contributed by atoms with Crippen LogP contribution in [0.3, 0.4) is 0 Å². The van der Waals surface area contributed by atoms with Crippen LogP contribution in [0.4, 0.5) is 0 Å². The Morgan fingerprint density at radius 3 is 2.56 bits per heavy atom. The van der Waals surface area contributed by atoms with E-state index >= 15 is 0 Å². The summed E-state index contributed by atoms with van der Waals surface area (Å²) in [5.41, 5.74) is 0.824. The molecule has 27 heavy (non-hydrogen) atoms. The van der Waals surface area contributed by atoms with Gasteiger partial charge in [-0.15, -0.1) is 24.8 Å². The predicted octanol–water partition coefficient (Wildman–Crippen LogP) is 3.42. The monoisotopic (exact) mass is 457 g/mol. The minimum Gasteiger partial charge on any atom is -0.379 e. The Labute approximate surface area is 183 Å². The molecule has 1 amide bonds. The maximum absolute atomic E-state index is 13.4. The van der Waals surface area contributed by atoms with Crippen molar-refractivity contribution in [3.63, 3.8) is 0 Å². The molecule has 2 unspecified atom stereocenters. The first kappa shape index (κ1) is 24.8. The van der Waals surface area contributed by atoms with Crippen molar-refractivity contribution in [1.29, 1.82) is 0 Å². The van der Waals surface area contributed by atoms with Gasteiger partial charge in [-0.25, -0.2) is 0 Å². The summed E-state index contributed by atoms with van der Waals surface area (Å²) >= 11 is 12.5. The number of carbonyl (C=O) groups excluding carboxylic acids is 1. The normalized spacial score (nSPS) is 21.7. The van der Waals surface area contributed by atoms with Crippen molar-refractivity contribution >= 4 is 53.9 Å². The van der Waals surface area contributed by atoms with E-state index in [1.165, 1.54) is 0 Å². The van der Waals surface area contributed by atoms with Gasteiger partial charge in [0.15, 0.2) is 0 Å². The Kier molecular flexibility index (Phi) is 10.7. The minimum atomic E-state index is -0.385. The minimum absolute atomic E-state index is 0. The van der Waals surface area contributed by atoms with E-state index in [0.717, 1.165) is 44.6 Å². The van der Waals surface area contributed by atoms with Gasteiger partial charge in [0.05, 0.1) is 13.2 Å². The Hall–Kier alpha value is -0.270. The van der Waals surface area contributed by atoms with Gasteiger partial charge in [-0.1, -0.05) is 29.3 Å². The lowest BCUT2D eigenvalue weighted by Gasteiger charge is -2.40. The molecule has 1 N–H and O–H groups in total. The molecular weight excluding hydrogens is 432 g/mol. The molecule has 0 bridgehead atoms. The van der Waals surface area contributed by atoms with Crippen molar-refractivity contribution < 1.29 is 9.53 Å². The lowest BCUT2D eigenvalue weighted by atomic mass is 10.00. The summed E-state index contributed by atoms with van der Waals surface area (Å²) in [6.45, 7) is 4.24. The van der Waals surface area contributed by atoms with Gasteiger partial charge in [-0.05, 0) is 37.6 Å². The Balaban J connectivity index is 0.00000182. The van der Waals surface area contributed by atoms with E-state index in [-0.39, 0.29) is 36.8 Å². The zero-order valence-electron chi connectivity index (χ0n) is 15.3. The van der Waals surface area contributed by atoms with Crippen molar-refractivity contribution in [2.75, 3.05) is 46.4 Å². The number of amides is 1. The quantitative estimate of drug-likeness (QED) is 0.750. The number of benzene rings is 1. The second kappa shape index (κ2) is 11.7. The molecule has 0 spiro atoms. The van der Waals surface area contributed by atoms with E-state index in [1.807, 2.05) is 18.0 Å². The summed E-state index contributed by atoms with van der Waals surface area (Å²) in [4.78, 5) is 17.6. The lowest BCUT2D eigenvalue weighted by molar-refractivity contribution is -0.140. The Morgan fingerprint density at radius 1 is 1.22 bits per heavy atom. The average Bonchev–Trinajstić information content (AvgIpc) is 2.64. The number of nitrogens with zero attached hydrogens (tertiary/aromatic N) is 2. The second-order valence-corrected chi connectivity index (χ2v) is 7.47. The van der Waals surface area contributed by atoms with Crippen LogP contribution in [0, 0.1) is 0 Å². The van der Waals surface area contributed by atoms with E-state index in [1.54, 1.807) is 12.1 Å². The molecule has 2 atom stereocenters. The van der Waals surface area contributed by atoms with Gasteiger partial charge in [0.2, 0.25) is 5.91 Å². The van der Waals surface area contributed by atoms with Gasteiger partial charge in [-0.2, -0.15) is 0 Å². The number of rotatable bonds is 4. The number of ether oxygens (including phenoxy) is 1. The average molecular weight is 459 g/mol. The molecule has 9 heteroatoms. The third kappa shape index (κ3) is 6.10. The van der Waals surface area contributed by atoms with Crippen LogP contribution in [-0.2, 0) is 9.53 Å². The van der Waals surface area contributed by atoms with E-state index in [9.17, 15) is 4.79 Å². The molecule has 0 aliphatic carbocycles. The summed E-state index contributed by atoms with van der Waals surface area (Å²) in [6, 6.07) is 5.36. The fraction of sp³-hybridized carbons (Fsp3) is 0.611. The van der Waals surface area contributed by atoms with Gasteiger partial charge in [0, 0.05) is 42.3 Å². The molecule has 3 rings (SSSR count). The number of likely N-dealkylation sites (tertiary alicyclic amines) is 1. The van der Waals surface area contributed by atoms with E-state index in [4.69, 9.17) is 27.9 Å². The molecule has 2 aliphatic rings. The number of halogens is 4. The molecule has 0 aromatic heterocycles. The predicted molar refractivity (Wildman–Crippen MR) is 115 cm³/mol. The second-order valence-electron chi connectivity index (χ2n) is 6.63. The van der Waals surface area contributed by atoms with Gasteiger partial charge < -0.3 is 15.0 Å². The smallest absolute Gasteiger partial charge is 0.244 e. The van der Waals surface area contributed by atoms with Crippen LogP contribution in [0.25, 0.3) is 0 Å². The highest BCUT2D eigenvalue weighted by atomic mass is 35.5. The van der Waals surface area contributed by atoms with Crippen LogP contribution in [0.1, 0.15) is 24.4 Å². The molecule has 0 radical (unpaired) electrons. The number of likely N-dealkylation sites (N-methyl/N-ethyl adjacent to an activating group) is 1. The van der Waals surface area contributed by atoms with Gasteiger partial charge >= 0.3 is 0 Å². The maximum Gasteiger partial charge on any atom is 0.244 e. The Morgan fingerprint density at radius 2 is 1.93 bits per heavy atom. The molecule has 0 saturated carbocycles. The fourth-order valence-corrected chi connectivity index (χ4v) is 4.14. The zero-order chi connectivity index (χ0) is 17.8. The molecular formula is C18H27Cl4N3O2. The van der Waals surface area contributed by atoms with Crippen molar-refractivity contribution in [3.05, 3.63) is 33.8 Å². The van der Waals surface area contributed by atoms with Gasteiger partial charge in [0.25, 0.3) is 0 Å². The van der Waals surface area contributed by atoms with Crippen LogP contribution in [0.15, 0.2) is 18.2 Å². The number of hydrogen-bond acceptors (Lipinski definition) is 4. The summed E-state index contributed by atoms with van der Waals surface area (Å²) in [7, 11) is 1.95. The van der Waals surface area contributed by atoms with Crippen LogP contribution >= 0.6 is 48.0 Å². The first-order valence-corrected chi connectivity index (χ1v) is 9.58. The van der Waals surface area contributed by atoms with Crippen LogP contribution in [-0.4, -0.2) is 68.2 Å². The standard InChI is InChI=1S/C18H25Cl2N3O2.2ClH/c1-21-14-3-2-6-23(12-14)18(24)17(22-7-9-25-10-8-22)15-5-4-13(19)11-16(15)20;;/h4-5,11,14,17,21H,2-3,6-10,12H2,1H3;2*1H. The molecule has 5 nitrogen and oxygen atoms in total. The van der Waals surface area contributed by atoms with Crippen LogP contribution in [0.2, 0.25) is 10.0 Å². The third-order valence-electron chi connectivity index (χ3n) is 5.04. The summed E-state index contributed by atoms with van der Waals surface area (Å²) in [5, 5.41) is 4.41.